The van der Waals surface area contributed by atoms with E-state index in [-0.39, 0.29) is 0 Å². The topological polar surface area (TPSA) is 48.8 Å². The maximum absolute atomic E-state index is 7.71. The van der Waals surface area contributed by atoms with Crippen LogP contribution in [0.2, 0.25) is 6.32 Å². The quantitative estimate of drug-likeness (QED) is 0.166. The van der Waals surface area contributed by atoms with Crippen LogP contribution in [0.5, 0.6) is 0 Å². The predicted molar refractivity (Wildman–Crippen MR) is 29.2 cm³/mol. The molecule has 0 heterocycles. The Morgan fingerprint density at radius 1 is 1.71 bits per heavy atom. The normalized spacial score (nSPS) is 7.43. The smallest absolute Gasteiger partial charge is 0.0652 e. The van der Waals surface area contributed by atoms with Gasteiger partial charge in [0, 0.05) is 11.5 Å². The molecule has 0 bridgehead atoms. The van der Waals surface area contributed by atoms with Crippen LogP contribution in [0.25, 0.3) is 10.4 Å². The van der Waals surface area contributed by atoms with Crippen LogP contribution in [-0.2, 0) is 0 Å². The molecule has 0 rings (SSSR count). The van der Waals surface area contributed by atoms with Crippen LogP contribution in [0.3, 0.4) is 0 Å². The molecule has 0 saturated heterocycles. The van der Waals surface area contributed by atoms with Crippen LogP contribution in [0.4, 0.5) is 0 Å². The maximum atomic E-state index is 7.71. The Bertz CT molecular complexity index is 76.2. The van der Waals surface area contributed by atoms with Gasteiger partial charge in [-0.05, 0) is 5.53 Å². The summed E-state index contributed by atoms with van der Waals surface area (Å²) in [6.45, 7) is 0.521. The van der Waals surface area contributed by atoms with Crippen molar-refractivity contribution >= 4 is 7.85 Å². The molecule has 0 atom stereocenters. The second-order valence-electron chi connectivity index (χ2n) is 1.10. The van der Waals surface area contributed by atoms with E-state index in [4.69, 9.17) is 13.4 Å². The summed E-state index contributed by atoms with van der Waals surface area (Å²) in [6.07, 6.45) is 1.38. The summed E-state index contributed by atoms with van der Waals surface area (Å²) in [5.74, 6) is 0. The van der Waals surface area contributed by atoms with Gasteiger partial charge in [-0.15, -0.1) is 0 Å². The van der Waals surface area contributed by atoms with Crippen LogP contribution in [-0.4, -0.2) is 14.4 Å². The SMILES string of the molecule is [B]CCCN=[N+]=[N-]. The van der Waals surface area contributed by atoms with E-state index < -0.39 is 0 Å². The van der Waals surface area contributed by atoms with Gasteiger partial charge in [0.05, 0.1) is 7.85 Å². The Labute approximate surface area is 43.8 Å². The predicted octanol–water partition coefficient (Wildman–Crippen LogP) is 1.27. The summed E-state index contributed by atoms with van der Waals surface area (Å²) in [5.41, 5.74) is 7.71. The van der Waals surface area contributed by atoms with E-state index in [0.29, 0.717) is 12.9 Å². The monoisotopic (exact) mass is 95.1 g/mol. The molecule has 0 aromatic rings. The molecule has 7 heavy (non-hydrogen) atoms. The molecular weight excluding hydrogens is 88.9 g/mol. The van der Waals surface area contributed by atoms with Gasteiger partial charge in [0.1, 0.15) is 0 Å². The molecule has 4 heteroatoms. The van der Waals surface area contributed by atoms with Gasteiger partial charge in [0.15, 0.2) is 0 Å². The molecule has 0 aliphatic carbocycles. The molecule has 0 aliphatic heterocycles. The van der Waals surface area contributed by atoms with E-state index in [1.54, 1.807) is 0 Å². The third-order valence-electron chi connectivity index (χ3n) is 0.525. The zero-order valence-corrected chi connectivity index (χ0v) is 4.04. The Morgan fingerprint density at radius 3 is 2.86 bits per heavy atom. The van der Waals surface area contributed by atoms with Gasteiger partial charge >= 0.3 is 0 Å². The van der Waals surface area contributed by atoms with Crippen molar-refractivity contribution < 1.29 is 0 Å². The van der Waals surface area contributed by atoms with Crippen molar-refractivity contribution in [3.05, 3.63) is 10.4 Å². The lowest BCUT2D eigenvalue weighted by Crippen LogP contribution is -1.74. The van der Waals surface area contributed by atoms with Crippen LogP contribution < -0.4 is 0 Å². The second-order valence-corrected chi connectivity index (χ2v) is 1.10. The van der Waals surface area contributed by atoms with Crippen molar-refractivity contribution in [2.75, 3.05) is 6.54 Å². The lowest BCUT2D eigenvalue weighted by Gasteiger charge is -1.80. The average molecular weight is 94.9 g/mol. The van der Waals surface area contributed by atoms with E-state index >= 15 is 0 Å². The molecule has 0 spiro atoms. The van der Waals surface area contributed by atoms with E-state index in [2.05, 4.69) is 10.0 Å². The van der Waals surface area contributed by atoms with Crippen molar-refractivity contribution in [2.45, 2.75) is 12.7 Å². The van der Waals surface area contributed by atoms with Crippen molar-refractivity contribution in [1.82, 2.24) is 0 Å². The lowest BCUT2D eigenvalue weighted by atomic mass is 10.0. The first-order valence-electron chi connectivity index (χ1n) is 2.12. The molecule has 0 aromatic heterocycles. The summed E-state index contributed by atoms with van der Waals surface area (Å²) in [6, 6.07) is 0. The highest BCUT2D eigenvalue weighted by molar-refractivity contribution is 6.08. The molecule has 0 amide bonds. The first-order chi connectivity index (χ1) is 3.41. The summed E-state index contributed by atoms with van der Waals surface area (Å²) in [4.78, 5) is 2.54. The van der Waals surface area contributed by atoms with E-state index in [1.807, 2.05) is 0 Å². The molecule has 0 unspecified atom stereocenters. The Kier molecular flexibility index (Phi) is 4.89. The fourth-order valence-corrected chi connectivity index (χ4v) is 0.207. The highest BCUT2D eigenvalue weighted by Gasteiger charge is 1.74. The largest absolute Gasteiger partial charge is 0.0940 e. The van der Waals surface area contributed by atoms with Gasteiger partial charge in [-0.3, -0.25) is 0 Å². The summed E-state index contributed by atoms with van der Waals surface area (Å²) in [5, 5.41) is 3.26. The lowest BCUT2D eigenvalue weighted by molar-refractivity contribution is 0.919. The van der Waals surface area contributed by atoms with Crippen molar-refractivity contribution in [1.29, 1.82) is 0 Å². The van der Waals surface area contributed by atoms with Gasteiger partial charge in [-0.1, -0.05) is 17.9 Å². The van der Waals surface area contributed by atoms with Crippen molar-refractivity contribution in [3.8, 4) is 0 Å². The van der Waals surface area contributed by atoms with Crippen molar-refractivity contribution in [2.24, 2.45) is 5.11 Å². The number of azide groups is 1. The number of nitrogens with zero attached hydrogens (tertiary/aromatic N) is 3. The Hall–Kier alpha value is -0.625. The van der Waals surface area contributed by atoms with Crippen LogP contribution in [0.1, 0.15) is 6.42 Å². The minimum absolute atomic E-state index is 0.521. The highest BCUT2D eigenvalue weighted by Crippen LogP contribution is 1.83. The second kappa shape index (κ2) is 5.37. The highest BCUT2D eigenvalue weighted by atomic mass is 15.1. The van der Waals surface area contributed by atoms with Crippen LogP contribution in [0.15, 0.2) is 5.11 Å². The molecule has 0 aromatic carbocycles. The molecule has 0 aliphatic rings. The molecule has 3 nitrogen and oxygen atoms in total. The first-order valence-corrected chi connectivity index (χ1v) is 2.12. The average Bonchev–Trinajstić information content (AvgIpc) is 1.69. The zero-order valence-electron chi connectivity index (χ0n) is 4.04. The van der Waals surface area contributed by atoms with Crippen molar-refractivity contribution in [3.63, 3.8) is 0 Å². The van der Waals surface area contributed by atoms with Crippen LogP contribution >= 0.6 is 0 Å². The Morgan fingerprint density at radius 2 is 2.43 bits per heavy atom. The molecule has 0 fully saturated rings. The number of rotatable bonds is 3. The number of hydrogen-bond donors (Lipinski definition) is 0. The van der Waals surface area contributed by atoms with Crippen LogP contribution in [0, 0.1) is 0 Å². The van der Waals surface area contributed by atoms with E-state index in [9.17, 15) is 0 Å². The summed E-state index contributed by atoms with van der Waals surface area (Å²) >= 11 is 0. The maximum Gasteiger partial charge on any atom is 0.0652 e. The van der Waals surface area contributed by atoms with Gasteiger partial charge in [-0.2, -0.15) is 0 Å². The molecule has 0 saturated carbocycles. The minimum Gasteiger partial charge on any atom is -0.0940 e. The van der Waals surface area contributed by atoms with Gasteiger partial charge in [0.2, 0.25) is 0 Å². The molecule has 2 radical (unpaired) electrons. The third-order valence-corrected chi connectivity index (χ3v) is 0.525. The summed E-state index contributed by atoms with van der Waals surface area (Å²) in [7, 11) is 5.09. The van der Waals surface area contributed by atoms with E-state index in [1.165, 1.54) is 0 Å². The third kappa shape index (κ3) is 5.37. The fourth-order valence-electron chi connectivity index (χ4n) is 0.207. The van der Waals surface area contributed by atoms with E-state index in [0.717, 1.165) is 6.42 Å². The minimum atomic E-state index is 0.521. The number of hydrogen-bond acceptors (Lipinski definition) is 1. The zero-order chi connectivity index (χ0) is 5.54. The Balaban J connectivity index is 2.83. The van der Waals surface area contributed by atoms with Gasteiger partial charge in [0.25, 0.3) is 0 Å². The molecule has 36 valence electrons. The fraction of sp³-hybridized carbons (Fsp3) is 1.00. The molecule has 0 N–H and O–H groups in total. The molecular formula is C3H6BN3. The first kappa shape index (κ1) is 6.37. The standard InChI is InChI=1S/C3H6BN3/c4-2-1-3-6-7-5/h1-3H2. The van der Waals surface area contributed by atoms with Gasteiger partial charge < -0.3 is 0 Å². The van der Waals surface area contributed by atoms with Gasteiger partial charge in [-0.25, -0.2) is 0 Å². The summed E-state index contributed by atoms with van der Waals surface area (Å²) < 4.78 is 0.